The Kier molecular flexibility index (Phi) is 7.97. The SMILES string of the molecule is COC(=O)[C@H](C[C@]1(C(=O)OCc2ccccc2)C[C@H]2OCCC[C@H]2O1)NC(=O)OC(C)(C)C. The summed E-state index contributed by atoms with van der Waals surface area (Å²) in [6.07, 6.45) is 0.230. The van der Waals surface area contributed by atoms with Crippen molar-refractivity contribution in [3.05, 3.63) is 35.9 Å². The summed E-state index contributed by atoms with van der Waals surface area (Å²) in [5, 5.41) is 2.52. The molecule has 2 heterocycles. The molecule has 0 saturated carbocycles. The van der Waals surface area contributed by atoms with Crippen molar-refractivity contribution in [2.45, 2.75) is 82.5 Å². The van der Waals surface area contributed by atoms with Crippen LogP contribution in [0.4, 0.5) is 4.79 Å². The molecule has 0 spiro atoms. The summed E-state index contributed by atoms with van der Waals surface area (Å²) >= 11 is 0. The molecule has 4 atom stereocenters. The number of hydrogen-bond acceptors (Lipinski definition) is 8. The maximum Gasteiger partial charge on any atom is 0.408 e. The molecule has 182 valence electrons. The minimum absolute atomic E-state index is 0.0589. The maximum atomic E-state index is 13.3. The third kappa shape index (κ3) is 6.68. The first-order chi connectivity index (χ1) is 15.6. The Morgan fingerprint density at radius 1 is 1.18 bits per heavy atom. The maximum absolute atomic E-state index is 13.3. The molecular formula is C24H33NO8. The highest BCUT2D eigenvalue weighted by Crippen LogP contribution is 2.41. The van der Waals surface area contributed by atoms with Gasteiger partial charge in [0.25, 0.3) is 0 Å². The number of hydrogen-bond donors (Lipinski definition) is 1. The van der Waals surface area contributed by atoms with Gasteiger partial charge >= 0.3 is 18.0 Å². The molecule has 33 heavy (non-hydrogen) atoms. The van der Waals surface area contributed by atoms with Gasteiger partial charge in [0.1, 0.15) is 18.2 Å². The van der Waals surface area contributed by atoms with Gasteiger partial charge in [-0.3, -0.25) is 0 Å². The number of methoxy groups -OCH3 is 1. The van der Waals surface area contributed by atoms with Gasteiger partial charge in [-0.1, -0.05) is 30.3 Å². The molecule has 0 bridgehead atoms. The number of rotatable bonds is 7. The zero-order chi connectivity index (χ0) is 24.1. The summed E-state index contributed by atoms with van der Waals surface area (Å²) < 4.78 is 27.8. The van der Waals surface area contributed by atoms with E-state index in [2.05, 4.69) is 5.32 Å². The number of alkyl carbamates (subject to hydrolysis) is 1. The fourth-order valence-corrected chi connectivity index (χ4v) is 4.12. The smallest absolute Gasteiger partial charge is 0.408 e. The summed E-state index contributed by atoms with van der Waals surface area (Å²) in [4.78, 5) is 38.3. The minimum Gasteiger partial charge on any atom is -0.467 e. The molecule has 1 aromatic carbocycles. The van der Waals surface area contributed by atoms with Crippen LogP contribution >= 0.6 is 0 Å². The lowest BCUT2D eigenvalue weighted by molar-refractivity contribution is -0.177. The summed E-state index contributed by atoms with van der Waals surface area (Å²) in [6.45, 7) is 5.78. The number of amides is 1. The van der Waals surface area contributed by atoms with Gasteiger partial charge in [-0.25, -0.2) is 14.4 Å². The first-order valence-electron chi connectivity index (χ1n) is 11.2. The molecule has 1 amide bonds. The van der Waals surface area contributed by atoms with E-state index in [1.54, 1.807) is 20.8 Å². The Hall–Kier alpha value is -2.65. The Morgan fingerprint density at radius 3 is 2.55 bits per heavy atom. The number of carbonyl (C=O) groups excluding carboxylic acids is 3. The van der Waals surface area contributed by atoms with E-state index in [1.807, 2.05) is 30.3 Å². The van der Waals surface area contributed by atoms with Gasteiger partial charge in [0.05, 0.1) is 19.3 Å². The van der Waals surface area contributed by atoms with Gasteiger partial charge < -0.3 is 29.0 Å². The minimum atomic E-state index is -1.47. The Balaban J connectivity index is 1.80. The molecule has 0 unspecified atom stereocenters. The van der Waals surface area contributed by atoms with Crippen LogP contribution < -0.4 is 5.32 Å². The fraction of sp³-hybridized carbons (Fsp3) is 0.625. The molecule has 9 nitrogen and oxygen atoms in total. The lowest BCUT2D eigenvalue weighted by Gasteiger charge is -2.31. The van der Waals surface area contributed by atoms with Crippen molar-refractivity contribution in [3.8, 4) is 0 Å². The van der Waals surface area contributed by atoms with Crippen LogP contribution in [0.5, 0.6) is 0 Å². The van der Waals surface area contributed by atoms with Crippen LogP contribution in [0.3, 0.4) is 0 Å². The van der Waals surface area contributed by atoms with Gasteiger partial charge in [0.15, 0.2) is 5.60 Å². The number of carbonyl (C=O) groups is 3. The van der Waals surface area contributed by atoms with Crippen LogP contribution in [-0.2, 0) is 39.9 Å². The van der Waals surface area contributed by atoms with E-state index in [0.29, 0.717) is 6.61 Å². The largest absolute Gasteiger partial charge is 0.467 e. The Bertz CT molecular complexity index is 821. The number of nitrogens with one attached hydrogen (secondary N) is 1. The van der Waals surface area contributed by atoms with E-state index in [-0.39, 0.29) is 31.7 Å². The molecule has 1 aromatic rings. The summed E-state index contributed by atoms with van der Waals surface area (Å²) in [5.41, 5.74) is -1.41. The molecular weight excluding hydrogens is 430 g/mol. The van der Waals surface area contributed by atoms with E-state index in [4.69, 9.17) is 23.7 Å². The van der Waals surface area contributed by atoms with Gasteiger partial charge in [-0.2, -0.15) is 0 Å². The average Bonchev–Trinajstić information content (AvgIpc) is 3.15. The first-order valence-corrected chi connectivity index (χ1v) is 11.2. The standard InChI is InChI=1S/C24H33NO8/c1-23(2,3)33-22(28)25-17(20(26)29-4)13-24(14-19-18(32-24)11-8-12-30-19)21(27)31-15-16-9-6-5-7-10-16/h5-7,9-10,17-19H,8,11-15H2,1-4H3,(H,25,28)/t17-,18+,19+,24+/m0/s1. The van der Waals surface area contributed by atoms with Crippen molar-refractivity contribution in [3.63, 3.8) is 0 Å². The number of fused-ring (bicyclic) bond motifs is 1. The lowest BCUT2D eigenvalue weighted by Crippen LogP contribution is -2.52. The van der Waals surface area contributed by atoms with E-state index in [9.17, 15) is 14.4 Å². The molecule has 3 rings (SSSR count). The van der Waals surface area contributed by atoms with Crippen LogP contribution in [-0.4, -0.2) is 61.2 Å². The van der Waals surface area contributed by atoms with E-state index in [0.717, 1.165) is 18.4 Å². The zero-order valence-electron chi connectivity index (χ0n) is 19.6. The predicted molar refractivity (Wildman–Crippen MR) is 117 cm³/mol. The molecule has 0 aromatic heterocycles. The van der Waals surface area contributed by atoms with Crippen molar-refractivity contribution in [1.82, 2.24) is 5.32 Å². The van der Waals surface area contributed by atoms with Crippen molar-refractivity contribution >= 4 is 18.0 Å². The van der Waals surface area contributed by atoms with Crippen LogP contribution in [0.2, 0.25) is 0 Å². The Labute approximate surface area is 194 Å². The zero-order valence-corrected chi connectivity index (χ0v) is 19.6. The van der Waals surface area contributed by atoms with Crippen molar-refractivity contribution in [2.75, 3.05) is 13.7 Å². The number of ether oxygens (including phenoxy) is 5. The third-order valence-electron chi connectivity index (χ3n) is 5.58. The Morgan fingerprint density at radius 2 is 1.91 bits per heavy atom. The van der Waals surface area contributed by atoms with Crippen molar-refractivity contribution in [2.24, 2.45) is 0 Å². The first kappa shape index (κ1) is 25.0. The van der Waals surface area contributed by atoms with Gasteiger partial charge in [-0.05, 0) is 39.2 Å². The van der Waals surface area contributed by atoms with Gasteiger partial charge in [-0.15, -0.1) is 0 Å². The predicted octanol–water partition coefficient (Wildman–Crippen LogP) is 2.89. The van der Waals surface area contributed by atoms with Crippen LogP contribution in [0, 0.1) is 0 Å². The van der Waals surface area contributed by atoms with Crippen molar-refractivity contribution in [1.29, 1.82) is 0 Å². The highest BCUT2D eigenvalue weighted by Gasteiger charge is 2.55. The molecule has 2 fully saturated rings. The van der Waals surface area contributed by atoms with Gasteiger partial charge in [0, 0.05) is 19.4 Å². The summed E-state index contributed by atoms with van der Waals surface area (Å²) in [7, 11) is 1.21. The molecule has 9 heteroatoms. The normalized spacial score (nSPS) is 25.5. The fourth-order valence-electron chi connectivity index (χ4n) is 4.12. The van der Waals surface area contributed by atoms with E-state index in [1.165, 1.54) is 7.11 Å². The highest BCUT2D eigenvalue weighted by molar-refractivity contribution is 5.85. The second-order valence-corrected chi connectivity index (χ2v) is 9.39. The second-order valence-electron chi connectivity index (χ2n) is 9.39. The second kappa shape index (κ2) is 10.5. The van der Waals surface area contributed by atoms with Crippen LogP contribution in [0.1, 0.15) is 52.0 Å². The van der Waals surface area contributed by atoms with Crippen molar-refractivity contribution < 1.29 is 38.1 Å². The topological polar surface area (TPSA) is 109 Å². The number of benzene rings is 1. The highest BCUT2D eigenvalue weighted by atomic mass is 16.6. The van der Waals surface area contributed by atoms with E-state index >= 15 is 0 Å². The molecule has 1 N–H and O–H groups in total. The van der Waals surface area contributed by atoms with E-state index < -0.39 is 35.3 Å². The van der Waals surface area contributed by atoms with Crippen LogP contribution in [0.25, 0.3) is 0 Å². The molecule has 0 radical (unpaired) electrons. The van der Waals surface area contributed by atoms with Gasteiger partial charge in [0.2, 0.25) is 0 Å². The molecule has 2 aliphatic heterocycles. The monoisotopic (exact) mass is 463 g/mol. The average molecular weight is 464 g/mol. The molecule has 0 aliphatic carbocycles. The quantitative estimate of drug-likeness (QED) is 0.486. The summed E-state index contributed by atoms with van der Waals surface area (Å²) in [5.74, 6) is -1.32. The number of esters is 2. The summed E-state index contributed by atoms with van der Waals surface area (Å²) in [6, 6.07) is 8.10. The lowest BCUT2D eigenvalue weighted by atomic mass is 9.89. The molecule has 2 aliphatic rings. The molecule has 2 saturated heterocycles. The van der Waals surface area contributed by atoms with Crippen LogP contribution in [0.15, 0.2) is 30.3 Å². The third-order valence-corrected chi connectivity index (χ3v) is 5.58.